The van der Waals surface area contributed by atoms with Gasteiger partial charge in [-0.25, -0.2) is 0 Å². The Morgan fingerprint density at radius 2 is 1.76 bits per heavy atom. The number of hydrogen-bond acceptors (Lipinski definition) is 1. The van der Waals surface area contributed by atoms with Crippen LogP contribution in [0.3, 0.4) is 0 Å². The molecule has 1 aromatic rings. The van der Waals surface area contributed by atoms with Gasteiger partial charge in [0.2, 0.25) is 0 Å². The number of alkyl halides is 3. The molecule has 0 fully saturated rings. The lowest BCUT2D eigenvalue weighted by Gasteiger charge is -2.10. The van der Waals surface area contributed by atoms with Gasteiger partial charge >= 0.3 is 6.18 Å². The number of halogens is 3. The van der Waals surface area contributed by atoms with Crippen LogP contribution < -0.4 is 0 Å². The first-order valence-corrected chi connectivity index (χ1v) is 5.67. The molecule has 0 aromatic heterocycles. The highest BCUT2D eigenvalue weighted by Gasteiger charge is 2.29. The van der Waals surface area contributed by atoms with Crippen LogP contribution in [0, 0.1) is 5.92 Å². The van der Waals surface area contributed by atoms with Gasteiger partial charge in [-0.3, -0.25) is 0 Å². The largest absolute Gasteiger partial charge is 0.416 e. The van der Waals surface area contributed by atoms with Gasteiger partial charge in [0, 0.05) is 6.61 Å². The molecule has 0 aliphatic carbocycles. The van der Waals surface area contributed by atoms with E-state index in [2.05, 4.69) is 13.8 Å². The fourth-order valence-electron chi connectivity index (χ4n) is 1.29. The van der Waals surface area contributed by atoms with Crippen molar-refractivity contribution >= 4 is 0 Å². The molecule has 0 aliphatic heterocycles. The molecule has 0 heterocycles. The van der Waals surface area contributed by atoms with Crippen LogP contribution in [0.25, 0.3) is 0 Å². The Balaban J connectivity index is 2.46. The summed E-state index contributed by atoms with van der Waals surface area (Å²) in [7, 11) is 0. The Bertz CT molecular complexity index is 330. The molecular formula is C13H17F3O. The second-order valence-corrected chi connectivity index (χ2v) is 4.22. The Labute approximate surface area is 99.6 Å². The zero-order valence-corrected chi connectivity index (χ0v) is 10.1. The highest BCUT2D eigenvalue weighted by molar-refractivity contribution is 5.24. The van der Waals surface area contributed by atoms with Gasteiger partial charge in [-0.05, 0) is 23.6 Å². The van der Waals surface area contributed by atoms with Crippen LogP contribution in [-0.2, 0) is 17.5 Å². The summed E-state index contributed by atoms with van der Waals surface area (Å²) in [6.45, 7) is 5.15. The van der Waals surface area contributed by atoms with Gasteiger partial charge in [-0.1, -0.05) is 32.4 Å². The maximum Gasteiger partial charge on any atom is 0.416 e. The minimum Gasteiger partial charge on any atom is -0.376 e. The van der Waals surface area contributed by atoms with E-state index in [9.17, 15) is 13.2 Å². The van der Waals surface area contributed by atoms with Crippen LogP contribution in [0.1, 0.15) is 31.4 Å². The van der Waals surface area contributed by atoms with Gasteiger partial charge in [0.05, 0.1) is 12.2 Å². The molecule has 0 radical (unpaired) electrons. The first kappa shape index (κ1) is 14.0. The molecule has 0 saturated heterocycles. The van der Waals surface area contributed by atoms with Gasteiger partial charge in [0.1, 0.15) is 0 Å². The lowest BCUT2D eigenvalue weighted by atomic mass is 10.1. The Hall–Kier alpha value is -1.03. The van der Waals surface area contributed by atoms with E-state index in [1.54, 1.807) is 0 Å². The molecule has 1 unspecified atom stereocenters. The molecule has 0 N–H and O–H groups in total. The maximum absolute atomic E-state index is 12.3. The zero-order chi connectivity index (χ0) is 12.9. The SMILES string of the molecule is CCC(C)COCc1ccc(C(F)(F)F)cc1. The third-order valence-corrected chi connectivity index (χ3v) is 2.65. The van der Waals surface area contributed by atoms with Crippen LogP contribution in [0.5, 0.6) is 0 Å². The van der Waals surface area contributed by atoms with Crippen molar-refractivity contribution in [1.82, 2.24) is 0 Å². The van der Waals surface area contributed by atoms with Crippen molar-refractivity contribution in [3.63, 3.8) is 0 Å². The molecule has 1 aromatic carbocycles. The minimum atomic E-state index is -4.27. The molecule has 1 nitrogen and oxygen atoms in total. The van der Waals surface area contributed by atoms with E-state index in [1.807, 2.05) is 0 Å². The van der Waals surface area contributed by atoms with Crippen molar-refractivity contribution in [3.8, 4) is 0 Å². The summed E-state index contributed by atoms with van der Waals surface area (Å²) in [5.41, 5.74) is 0.143. The lowest BCUT2D eigenvalue weighted by molar-refractivity contribution is -0.137. The third kappa shape index (κ3) is 4.77. The van der Waals surface area contributed by atoms with Crippen LogP contribution in [0.4, 0.5) is 13.2 Å². The number of benzene rings is 1. The van der Waals surface area contributed by atoms with Crippen LogP contribution in [-0.4, -0.2) is 6.61 Å². The molecule has 0 saturated carbocycles. The summed E-state index contributed by atoms with van der Waals surface area (Å²) in [6, 6.07) is 5.09. The van der Waals surface area contributed by atoms with Crippen molar-refractivity contribution in [2.45, 2.75) is 33.1 Å². The second kappa shape index (κ2) is 6.05. The fraction of sp³-hybridized carbons (Fsp3) is 0.538. The summed E-state index contributed by atoms with van der Waals surface area (Å²) in [4.78, 5) is 0. The molecule has 96 valence electrons. The fourth-order valence-corrected chi connectivity index (χ4v) is 1.29. The van der Waals surface area contributed by atoms with Crippen LogP contribution in [0.15, 0.2) is 24.3 Å². The van der Waals surface area contributed by atoms with Crippen molar-refractivity contribution in [1.29, 1.82) is 0 Å². The molecule has 0 aliphatic rings. The predicted molar refractivity (Wildman–Crippen MR) is 60.6 cm³/mol. The molecule has 1 rings (SSSR count). The highest BCUT2D eigenvalue weighted by Crippen LogP contribution is 2.29. The van der Waals surface area contributed by atoms with Crippen LogP contribution in [0.2, 0.25) is 0 Å². The van der Waals surface area contributed by atoms with Crippen LogP contribution >= 0.6 is 0 Å². The molecule has 0 amide bonds. The monoisotopic (exact) mass is 246 g/mol. The van der Waals surface area contributed by atoms with Crippen molar-refractivity contribution in [2.24, 2.45) is 5.92 Å². The highest BCUT2D eigenvalue weighted by atomic mass is 19.4. The van der Waals surface area contributed by atoms with Gasteiger partial charge in [0.25, 0.3) is 0 Å². The van der Waals surface area contributed by atoms with Crippen molar-refractivity contribution in [2.75, 3.05) is 6.61 Å². The van der Waals surface area contributed by atoms with E-state index in [-0.39, 0.29) is 0 Å². The van der Waals surface area contributed by atoms with E-state index < -0.39 is 11.7 Å². The zero-order valence-electron chi connectivity index (χ0n) is 10.1. The topological polar surface area (TPSA) is 9.23 Å². The smallest absolute Gasteiger partial charge is 0.376 e. The van der Waals surface area contributed by atoms with E-state index in [1.165, 1.54) is 12.1 Å². The summed E-state index contributed by atoms with van der Waals surface area (Å²) in [5.74, 6) is 0.476. The van der Waals surface area contributed by atoms with E-state index in [0.717, 1.165) is 24.1 Å². The quantitative estimate of drug-likeness (QED) is 0.754. The standard InChI is InChI=1S/C13H17F3O/c1-3-10(2)8-17-9-11-4-6-12(7-5-11)13(14,15)16/h4-7,10H,3,8-9H2,1-2H3. The third-order valence-electron chi connectivity index (χ3n) is 2.65. The molecule has 4 heteroatoms. The first-order chi connectivity index (χ1) is 7.93. The van der Waals surface area contributed by atoms with E-state index >= 15 is 0 Å². The number of rotatable bonds is 5. The number of hydrogen-bond donors (Lipinski definition) is 0. The predicted octanol–water partition coefficient (Wildman–Crippen LogP) is 4.27. The van der Waals surface area contributed by atoms with Gasteiger partial charge in [-0.2, -0.15) is 13.2 Å². The summed E-state index contributed by atoms with van der Waals surface area (Å²) in [6.07, 6.45) is -3.23. The maximum atomic E-state index is 12.3. The van der Waals surface area contributed by atoms with Gasteiger partial charge in [-0.15, -0.1) is 0 Å². The summed E-state index contributed by atoms with van der Waals surface area (Å²) < 4.78 is 42.3. The van der Waals surface area contributed by atoms with E-state index in [0.29, 0.717) is 19.1 Å². The van der Waals surface area contributed by atoms with Crippen molar-refractivity contribution < 1.29 is 17.9 Å². The molecule has 1 atom stereocenters. The van der Waals surface area contributed by atoms with Gasteiger partial charge < -0.3 is 4.74 Å². The van der Waals surface area contributed by atoms with Crippen molar-refractivity contribution in [3.05, 3.63) is 35.4 Å². The second-order valence-electron chi connectivity index (χ2n) is 4.22. The average Bonchev–Trinajstić information content (AvgIpc) is 2.28. The first-order valence-electron chi connectivity index (χ1n) is 5.67. The Morgan fingerprint density at radius 3 is 2.24 bits per heavy atom. The number of ether oxygens (including phenoxy) is 1. The molecular weight excluding hydrogens is 229 g/mol. The molecule has 17 heavy (non-hydrogen) atoms. The summed E-state index contributed by atoms with van der Waals surface area (Å²) in [5, 5.41) is 0. The summed E-state index contributed by atoms with van der Waals surface area (Å²) >= 11 is 0. The molecule has 0 spiro atoms. The molecule has 0 bridgehead atoms. The average molecular weight is 246 g/mol. The lowest BCUT2D eigenvalue weighted by Crippen LogP contribution is -2.06. The Kier molecular flexibility index (Phi) is 5.00. The Morgan fingerprint density at radius 1 is 1.18 bits per heavy atom. The normalized spacial score (nSPS) is 13.7. The minimum absolute atomic E-state index is 0.364. The van der Waals surface area contributed by atoms with E-state index in [4.69, 9.17) is 4.74 Å². The van der Waals surface area contributed by atoms with Gasteiger partial charge in [0.15, 0.2) is 0 Å².